The summed E-state index contributed by atoms with van der Waals surface area (Å²) in [4.78, 5) is 12.5. The summed E-state index contributed by atoms with van der Waals surface area (Å²) in [5.74, 6) is 0.0547. The van der Waals surface area contributed by atoms with Crippen molar-refractivity contribution in [3.05, 3.63) is 35.9 Å². The summed E-state index contributed by atoms with van der Waals surface area (Å²) >= 11 is 0. The Hall–Kier alpha value is -1.06. The Kier molecular flexibility index (Phi) is 6.24. The Morgan fingerprint density at radius 1 is 1.19 bits per heavy atom. The molecule has 1 fully saturated rings. The van der Waals surface area contributed by atoms with Gasteiger partial charge in [-0.1, -0.05) is 49.6 Å². The Labute approximate surface area is 134 Å². The minimum Gasteiger partial charge on any atom is -0.354 e. The third-order valence-electron chi connectivity index (χ3n) is 4.51. The third kappa shape index (κ3) is 4.45. The van der Waals surface area contributed by atoms with E-state index < -0.39 is 5.41 Å². The van der Waals surface area contributed by atoms with Crippen LogP contribution in [0.25, 0.3) is 0 Å². The fourth-order valence-corrected chi connectivity index (χ4v) is 2.90. The van der Waals surface area contributed by atoms with Gasteiger partial charge in [0, 0.05) is 12.1 Å². The van der Waals surface area contributed by atoms with Gasteiger partial charge in [-0.25, -0.2) is 0 Å². The number of carbonyl (C=O) groups excluding carboxylic acids is 1. The van der Waals surface area contributed by atoms with Gasteiger partial charge in [0.25, 0.3) is 0 Å². The van der Waals surface area contributed by atoms with Crippen LogP contribution in [0.3, 0.4) is 0 Å². The van der Waals surface area contributed by atoms with Crippen molar-refractivity contribution in [2.75, 3.05) is 6.54 Å². The first-order valence-corrected chi connectivity index (χ1v) is 7.57. The van der Waals surface area contributed by atoms with E-state index in [2.05, 4.69) is 5.32 Å². The van der Waals surface area contributed by atoms with Gasteiger partial charge in [0.1, 0.15) is 0 Å². The Bertz CT molecular complexity index is 453. The number of hydrogen-bond acceptors (Lipinski definition) is 2. The number of amides is 1. The van der Waals surface area contributed by atoms with Gasteiger partial charge in [0.05, 0.1) is 5.41 Å². The molecule has 1 aromatic carbocycles. The van der Waals surface area contributed by atoms with Crippen LogP contribution in [0, 0.1) is 0 Å². The van der Waals surface area contributed by atoms with Crippen molar-refractivity contribution in [2.24, 2.45) is 5.73 Å². The first-order chi connectivity index (χ1) is 9.44. The highest BCUT2D eigenvalue weighted by molar-refractivity contribution is 5.87. The second-order valence-corrected chi connectivity index (χ2v) is 6.60. The van der Waals surface area contributed by atoms with Crippen LogP contribution in [0.5, 0.6) is 0 Å². The maximum absolute atomic E-state index is 12.5. The number of halogens is 1. The van der Waals surface area contributed by atoms with Crippen LogP contribution in [0.1, 0.15) is 51.5 Å². The third-order valence-corrected chi connectivity index (χ3v) is 4.51. The molecule has 1 aliphatic carbocycles. The number of carbonyl (C=O) groups is 1. The Morgan fingerprint density at radius 3 is 2.33 bits per heavy atom. The molecule has 2 rings (SSSR count). The van der Waals surface area contributed by atoms with Crippen LogP contribution in [0.2, 0.25) is 0 Å². The lowest BCUT2D eigenvalue weighted by Gasteiger charge is -2.35. The van der Waals surface area contributed by atoms with Crippen LogP contribution in [0.15, 0.2) is 30.3 Å². The van der Waals surface area contributed by atoms with Gasteiger partial charge in [-0.15, -0.1) is 12.4 Å². The molecule has 0 aromatic heterocycles. The van der Waals surface area contributed by atoms with E-state index in [0.29, 0.717) is 6.54 Å². The van der Waals surface area contributed by atoms with Gasteiger partial charge in [-0.05, 0) is 32.3 Å². The van der Waals surface area contributed by atoms with Crippen molar-refractivity contribution in [1.82, 2.24) is 5.32 Å². The van der Waals surface area contributed by atoms with Crippen molar-refractivity contribution in [3.8, 4) is 0 Å². The highest BCUT2D eigenvalue weighted by atomic mass is 35.5. The van der Waals surface area contributed by atoms with Gasteiger partial charge in [0.2, 0.25) is 5.91 Å². The molecule has 0 heterocycles. The average Bonchev–Trinajstić information content (AvgIpc) is 2.46. The van der Waals surface area contributed by atoms with Gasteiger partial charge >= 0.3 is 0 Å². The minimum absolute atomic E-state index is 0. The SMILES string of the molecule is CC(C)(C(=O)NCC1(N)CCCCC1)c1ccccc1.Cl. The normalized spacial score (nSPS) is 17.7. The summed E-state index contributed by atoms with van der Waals surface area (Å²) in [5.41, 5.74) is 6.68. The molecule has 1 saturated carbocycles. The number of rotatable bonds is 4. The molecule has 4 heteroatoms. The monoisotopic (exact) mass is 310 g/mol. The van der Waals surface area contributed by atoms with E-state index >= 15 is 0 Å². The lowest BCUT2D eigenvalue weighted by atomic mass is 9.81. The fourth-order valence-electron chi connectivity index (χ4n) is 2.90. The second kappa shape index (κ2) is 7.28. The maximum atomic E-state index is 12.5. The summed E-state index contributed by atoms with van der Waals surface area (Å²) in [6.07, 6.45) is 5.64. The highest BCUT2D eigenvalue weighted by Crippen LogP contribution is 2.26. The first-order valence-electron chi connectivity index (χ1n) is 7.57. The van der Waals surface area contributed by atoms with E-state index in [9.17, 15) is 4.79 Å². The molecule has 0 atom stereocenters. The van der Waals surface area contributed by atoms with E-state index in [1.54, 1.807) is 0 Å². The molecular formula is C17H27ClN2O. The Balaban J connectivity index is 0.00000220. The zero-order valence-electron chi connectivity index (χ0n) is 13.0. The van der Waals surface area contributed by atoms with Crippen LogP contribution >= 0.6 is 12.4 Å². The molecule has 3 nitrogen and oxygen atoms in total. The molecule has 0 unspecified atom stereocenters. The smallest absolute Gasteiger partial charge is 0.230 e. The number of nitrogens with one attached hydrogen (secondary N) is 1. The van der Waals surface area contributed by atoms with E-state index in [0.717, 1.165) is 18.4 Å². The summed E-state index contributed by atoms with van der Waals surface area (Å²) in [5, 5.41) is 3.07. The lowest BCUT2D eigenvalue weighted by Crippen LogP contribution is -2.53. The van der Waals surface area contributed by atoms with E-state index in [1.807, 2.05) is 44.2 Å². The van der Waals surface area contributed by atoms with Crippen LogP contribution in [-0.2, 0) is 10.2 Å². The quantitative estimate of drug-likeness (QED) is 0.897. The minimum atomic E-state index is -0.522. The van der Waals surface area contributed by atoms with Crippen molar-refractivity contribution in [1.29, 1.82) is 0 Å². The largest absolute Gasteiger partial charge is 0.354 e. The zero-order chi connectivity index (χ0) is 14.6. The molecule has 1 aromatic rings. The fraction of sp³-hybridized carbons (Fsp3) is 0.588. The average molecular weight is 311 g/mol. The van der Waals surface area contributed by atoms with Crippen molar-refractivity contribution < 1.29 is 4.79 Å². The molecule has 0 radical (unpaired) electrons. The van der Waals surface area contributed by atoms with Crippen molar-refractivity contribution >= 4 is 18.3 Å². The molecule has 21 heavy (non-hydrogen) atoms. The van der Waals surface area contributed by atoms with E-state index in [1.165, 1.54) is 19.3 Å². The summed E-state index contributed by atoms with van der Waals surface area (Å²) in [6, 6.07) is 9.90. The van der Waals surface area contributed by atoms with Gasteiger partial charge in [-0.2, -0.15) is 0 Å². The molecule has 0 saturated heterocycles. The maximum Gasteiger partial charge on any atom is 0.230 e. The van der Waals surface area contributed by atoms with Gasteiger partial charge in [-0.3, -0.25) is 4.79 Å². The molecule has 1 amide bonds. The molecule has 3 N–H and O–H groups in total. The predicted molar refractivity (Wildman–Crippen MR) is 89.7 cm³/mol. The van der Waals surface area contributed by atoms with Crippen LogP contribution < -0.4 is 11.1 Å². The summed E-state index contributed by atoms with van der Waals surface area (Å²) < 4.78 is 0. The molecule has 0 aliphatic heterocycles. The molecule has 0 spiro atoms. The molecule has 0 bridgehead atoms. The van der Waals surface area contributed by atoms with Crippen LogP contribution in [0.4, 0.5) is 0 Å². The van der Waals surface area contributed by atoms with E-state index in [4.69, 9.17) is 5.73 Å². The highest BCUT2D eigenvalue weighted by Gasteiger charge is 2.33. The molecule has 1 aliphatic rings. The summed E-state index contributed by atoms with van der Waals surface area (Å²) in [6.45, 7) is 4.51. The molecular weight excluding hydrogens is 284 g/mol. The molecule has 118 valence electrons. The number of benzene rings is 1. The summed E-state index contributed by atoms with van der Waals surface area (Å²) in [7, 11) is 0. The van der Waals surface area contributed by atoms with Gasteiger partial charge < -0.3 is 11.1 Å². The van der Waals surface area contributed by atoms with Crippen molar-refractivity contribution in [2.45, 2.75) is 56.9 Å². The standard InChI is InChI=1S/C17H26N2O.ClH/c1-16(2,14-9-5-3-6-10-14)15(20)19-13-17(18)11-7-4-8-12-17;/h3,5-6,9-10H,4,7-8,11-13,18H2,1-2H3,(H,19,20);1H. The first kappa shape index (κ1) is 18.0. The van der Waals surface area contributed by atoms with Crippen molar-refractivity contribution in [3.63, 3.8) is 0 Å². The second-order valence-electron chi connectivity index (χ2n) is 6.60. The lowest BCUT2D eigenvalue weighted by molar-refractivity contribution is -0.126. The Morgan fingerprint density at radius 2 is 1.76 bits per heavy atom. The number of nitrogens with two attached hydrogens (primary N) is 1. The van der Waals surface area contributed by atoms with Gasteiger partial charge in [0.15, 0.2) is 0 Å². The predicted octanol–water partition coefficient (Wildman–Crippen LogP) is 3.16. The zero-order valence-corrected chi connectivity index (χ0v) is 13.8. The topological polar surface area (TPSA) is 55.1 Å². The van der Waals surface area contributed by atoms with E-state index in [-0.39, 0.29) is 23.9 Å². The van der Waals surface area contributed by atoms with Crippen LogP contribution in [-0.4, -0.2) is 18.0 Å². The number of hydrogen-bond donors (Lipinski definition) is 2.